The van der Waals surface area contributed by atoms with E-state index in [1.165, 1.54) is 39.4 Å². The van der Waals surface area contributed by atoms with E-state index >= 15 is 0 Å². The first-order chi connectivity index (χ1) is 15.4. The van der Waals surface area contributed by atoms with Gasteiger partial charge in [-0.2, -0.15) is 0 Å². The van der Waals surface area contributed by atoms with Gasteiger partial charge >= 0.3 is 6.03 Å². The van der Waals surface area contributed by atoms with Crippen LogP contribution in [0.3, 0.4) is 0 Å². The Morgan fingerprint density at radius 2 is 1.79 bits per heavy atom. The lowest BCUT2D eigenvalue weighted by Gasteiger charge is -2.22. The average molecular weight is 475 g/mol. The van der Waals surface area contributed by atoms with Gasteiger partial charge in [0, 0.05) is 14.1 Å². The molecule has 0 unspecified atom stereocenters. The number of anilines is 1. The summed E-state index contributed by atoms with van der Waals surface area (Å²) in [6, 6.07) is 10.5. The van der Waals surface area contributed by atoms with Crippen molar-refractivity contribution in [1.82, 2.24) is 14.5 Å². The van der Waals surface area contributed by atoms with Crippen LogP contribution >= 0.6 is 0 Å². The fourth-order valence-electron chi connectivity index (χ4n) is 3.41. The lowest BCUT2D eigenvalue weighted by Crippen LogP contribution is -2.42. The number of aryl methyl sites for hydroxylation is 1. The predicted octanol–water partition coefficient (Wildman–Crippen LogP) is 1.66. The van der Waals surface area contributed by atoms with Crippen LogP contribution < -0.4 is 15.4 Å². The van der Waals surface area contributed by atoms with Gasteiger partial charge in [-0.15, -0.1) is 0 Å². The quantitative estimate of drug-likeness (QED) is 0.588. The fraction of sp³-hybridized carbons (Fsp3) is 0.318. The van der Waals surface area contributed by atoms with E-state index in [0.717, 1.165) is 14.8 Å². The Balaban J connectivity index is 1.81. The van der Waals surface area contributed by atoms with Crippen LogP contribution in [-0.4, -0.2) is 63.2 Å². The molecule has 2 aromatic carbocycles. The number of methoxy groups -OCH3 is 1. The standard InChI is InChI=1S/C22H26N4O6S/c1-14-6-8-15(9-7-14)22(2)20(28)26(21(29)24-22)13-19(27)23-17-12-16(10-11-18(17)32-5)33(30,31)25(3)4/h6-12H,13H2,1-5H3,(H,23,27)(H,24,29)/t22-/m1/s1. The van der Waals surface area contributed by atoms with Gasteiger partial charge in [0.1, 0.15) is 17.8 Å². The van der Waals surface area contributed by atoms with Gasteiger partial charge in [-0.25, -0.2) is 17.5 Å². The topological polar surface area (TPSA) is 125 Å². The SMILES string of the molecule is COc1ccc(S(=O)(=O)N(C)C)cc1NC(=O)CN1C(=O)N[C@](C)(c2ccc(C)cc2)C1=O. The molecule has 3 rings (SSSR count). The summed E-state index contributed by atoms with van der Waals surface area (Å²) >= 11 is 0. The second-order valence-corrected chi connectivity index (χ2v) is 10.2. The number of ether oxygens (including phenoxy) is 1. The molecule has 176 valence electrons. The van der Waals surface area contributed by atoms with E-state index < -0.39 is 40.0 Å². The van der Waals surface area contributed by atoms with E-state index in [9.17, 15) is 22.8 Å². The molecular formula is C22H26N4O6S. The first-order valence-electron chi connectivity index (χ1n) is 10.0. The highest BCUT2D eigenvalue weighted by Gasteiger charge is 2.49. The molecule has 1 saturated heterocycles. The Kier molecular flexibility index (Phi) is 6.48. The van der Waals surface area contributed by atoms with Crippen LogP contribution in [0.1, 0.15) is 18.1 Å². The number of benzene rings is 2. The van der Waals surface area contributed by atoms with Crippen molar-refractivity contribution < 1.29 is 27.5 Å². The molecule has 0 saturated carbocycles. The van der Waals surface area contributed by atoms with E-state index in [1.807, 2.05) is 19.1 Å². The van der Waals surface area contributed by atoms with Gasteiger partial charge in [0.15, 0.2) is 0 Å². The van der Waals surface area contributed by atoms with Crippen molar-refractivity contribution in [3.63, 3.8) is 0 Å². The first kappa shape index (κ1) is 24.2. The van der Waals surface area contributed by atoms with E-state index in [4.69, 9.17) is 4.74 Å². The van der Waals surface area contributed by atoms with Crippen molar-refractivity contribution in [3.8, 4) is 5.75 Å². The van der Waals surface area contributed by atoms with Crippen LogP contribution in [0.4, 0.5) is 10.5 Å². The van der Waals surface area contributed by atoms with Crippen LogP contribution in [0.25, 0.3) is 0 Å². The summed E-state index contributed by atoms with van der Waals surface area (Å²) in [6.45, 7) is 2.93. The number of urea groups is 1. The average Bonchev–Trinajstić information content (AvgIpc) is 2.97. The largest absolute Gasteiger partial charge is 0.495 e. The molecule has 2 N–H and O–H groups in total. The molecule has 4 amide bonds. The van der Waals surface area contributed by atoms with Crippen LogP contribution in [0, 0.1) is 6.92 Å². The number of nitrogens with one attached hydrogen (secondary N) is 2. The molecule has 1 heterocycles. The van der Waals surface area contributed by atoms with Gasteiger partial charge < -0.3 is 15.4 Å². The maximum absolute atomic E-state index is 13.0. The number of nitrogens with zero attached hydrogens (tertiary/aromatic N) is 2. The van der Waals surface area contributed by atoms with Gasteiger partial charge in [0.25, 0.3) is 5.91 Å². The van der Waals surface area contributed by atoms with Crippen molar-refractivity contribution in [2.75, 3.05) is 33.1 Å². The molecular weight excluding hydrogens is 448 g/mol. The number of rotatable bonds is 7. The zero-order valence-electron chi connectivity index (χ0n) is 19.0. The normalized spacial score (nSPS) is 18.4. The fourth-order valence-corrected chi connectivity index (χ4v) is 4.34. The van der Waals surface area contributed by atoms with Crippen LogP contribution in [0.2, 0.25) is 0 Å². The summed E-state index contributed by atoms with van der Waals surface area (Å²) < 4.78 is 31.1. The van der Waals surface area contributed by atoms with Crippen LogP contribution in [0.15, 0.2) is 47.4 Å². The Morgan fingerprint density at radius 3 is 2.36 bits per heavy atom. The highest BCUT2D eigenvalue weighted by atomic mass is 32.2. The highest BCUT2D eigenvalue weighted by molar-refractivity contribution is 7.89. The zero-order valence-corrected chi connectivity index (χ0v) is 19.8. The van der Waals surface area contributed by atoms with Gasteiger partial charge in [0.2, 0.25) is 15.9 Å². The molecule has 11 heteroatoms. The number of hydrogen-bond donors (Lipinski definition) is 2. The van der Waals surface area contributed by atoms with Gasteiger partial charge in [-0.3, -0.25) is 14.5 Å². The second kappa shape index (κ2) is 8.83. The van der Waals surface area contributed by atoms with Crippen molar-refractivity contribution in [1.29, 1.82) is 0 Å². The monoisotopic (exact) mass is 474 g/mol. The van der Waals surface area contributed by atoms with E-state index in [2.05, 4.69) is 10.6 Å². The van der Waals surface area contributed by atoms with E-state index in [1.54, 1.807) is 19.1 Å². The van der Waals surface area contributed by atoms with Crippen LogP contribution in [0.5, 0.6) is 5.75 Å². The van der Waals surface area contributed by atoms with Crippen molar-refractivity contribution in [2.24, 2.45) is 0 Å². The number of imide groups is 1. The molecule has 1 atom stereocenters. The zero-order chi connectivity index (χ0) is 24.6. The third-order valence-electron chi connectivity index (χ3n) is 5.43. The van der Waals surface area contributed by atoms with Crippen LogP contribution in [-0.2, 0) is 25.2 Å². The highest BCUT2D eigenvalue weighted by Crippen LogP contribution is 2.30. The maximum atomic E-state index is 13.0. The smallest absolute Gasteiger partial charge is 0.325 e. The number of amides is 4. The summed E-state index contributed by atoms with van der Waals surface area (Å²) in [5.41, 5.74) is 0.391. The minimum atomic E-state index is -3.75. The molecule has 0 bridgehead atoms. The molecule has 2 aromatic rings. The first-order valence-corrected chi connectivity index (χ1v) is 11.5. The number of carbonyl (C=O) groups excluding carboxylic acids is 3. The number of sulfonamides is 1. The molecule has 0 radical (unpaired) electrons. The Morgan fingerprint density at radius 1 is 1.15 bits per heavy atom. The lowest BCUT2D eigenvalue weighted by molar-refractivity contribution is -0.133. The molecule has 1 aliphatic heterocycles. The van der Waals surface area contributed by atoms with Crippen molar-refractivity contribution >= 4 is 33.6 Å². The third kappa shape index (κ3) is 4.55. The summed E-state index contributed by atoms with van der Waals surface area (Å²) in [4.78, 5) is 39.0. The molecule has 1 aliphatic rings. The number of carbonyl (C=O) groups is 3. The molecule has 0 aliphatic carbocycles. The van der Waals surface area contributed by atoms with Gasteiger partial charge in [0.05, 0.1) is 17.7 Å². The third-order valence-corrected chi connectivity index (χ3v) is 7.24. The summed E-state index contributed by atoms with van der Waals surface area (Å²) in [7, 11) is 0.398. The molecule has 10 nitrogen and oxygen atoms in total. The predicted molar refractivity (Wildman–Crippen MR) is 121 cm³/mol. The number of hydrogen-bond acceptors (Lipinski definition) is 6. The molecule has 1 fully saturated rings. The van der Waals surface area contributed by atoms with E-state index in [-0.39, 0.29) is 16.3 Å². The molecule has 33 heavy (non-hydrogen) atoms. The van der Waals surface area contributed by atoms with Crippen molar-refractivity contribution in [3.05, 3.63) is 53.6 Å². The molecule has 0 aromatic heterocycles. The van der Waals surface area contributed by atoms with E-state index in [0.29, 0.717) is 5.56 Å². The summed E-state index contributed by atoms with van der Waals surface area (Å²) in [5.74, 6) is -1.03. The second-order valence-electron chi connectivity index (χ2n) is 8.01. The Bertz CT molecular complexity index is 1210. The van der Waals surface area contributed by atoms with Gasteiger partial charge in [-0.05, 0) is 37.6 Å². The minimum Gasteiger partial charge on any atom is -0.495 e. The van der Waals surface area contributed by atoms with Crippen molar-refractivity contribution in [2.45, 2.75) is 24.3 Å². The molecule has 0 spiro atoms. The van der Waals surface area contributed by atoms with Gasteiger partial charge in [-0.1, -0.05) is 29.8 Å². The Hall–Kier alpha value is -3.44. The lowest BCUT2D eigenvalue weighted by atomic mass is 9.91. The Labute approximate surface area is 192 Å². The maximum Gasteiger partial charge on any atom is 0.325 e. The minimum absolute atomic E-state index is 0.0504. The summed E-state index contributed by atoms with van der Waals surface area (Å²) in [5, 5.41) is 5.18. The summed E-state index contributed by atoms with van der Waals surface area (Å²) in [6.07, 6.45) is 0.